The fraction of sp³-hybridized carbons (Fsp3) is 0.522. The zero-order valence-electron chi connectivity index (χ0n) is 18.3. The molecule has 2 unspecified atom stereocenters. The lowest BCUT2D eigenvalue weighted by atomic mass is 9.92. The van der Waals surface area contributed by atoms with Crippen LogP contribution in [0, 0.1) is 11.8 Å². The van der Waals surface area contributed by atoms with Gasteiger partial charge in [0.2, 0.25) is 0 Å². The van der Waals surface area contributed by atoms with E-state index in [2.05, 4.69) is 29.2 Å². The van der Waals surface area contributed by atoms with Crippen LogP contribution in [-0.2, 0) is 0 Å². The first kappa shape index (κ1) is 20.6. The molecule has 7 heteroatoms. The number of piperidine rings is 1. The van der Waals surface area contributed by atoms with Crippen molar-refractivity contribution in [3.05, 3.63) is 36.2 Å². The summed E-state index contributed by atoms with van der Waals surface area (Å²) in [5.74, 6) is 1.96. The highest BCUT2D eigenvalue weighted by Crippen LogP contribution is 2.26. The first-order valence-electron chi connectivity index (χ1n) is 10.8. The molecule has 160 valence electrons. The van der Waals surface area contributed by atoms with Crippen LogP contribution in [0.1, 0.15) is 50.5 Å². The van der Waals surface area contributed by atoms with Gasteiger partial charge < -0.3 is 14.6 Å². The average Bonchev–Trinajstić information content (AvgIpc) is 3.36. The molecule has 4 rings (SSSR count). The molecule has 0 aliphatic carbocycles. The standard InChI is InChI=1S/C23H31N5O2/c1-15(2)28-22-19(12-25-28)18(11-20(26-22)21-6-5-9-30-21)23(29)24-7-8-27-13-16(3)10-17(4)14-27/h5-6,9,11-12,15-17H,7-8,10,13-14H2,1-4H3,(H,24,29). The summed E-state index contributed by atoms with van der Waals surface area (Å²) in [5.41, 5.74) is 1.92. The lowest BCUT2D eigenvalue weighted by Gasteiger charge is -2.34. The smallest absolute Gasteiger partial charge is 0.252 e. The van der Waals surface area contributed by atoms with Crippen molar-refractivity contribution in [2.24, 2.45) is 11.8 Å². The van der Waals surface area contributed by atoms with E-state index in [9.17, 15) is 4.79 Å². The number of aromatic nitrogens is 3. The van der Waals surface area contributed by atoms with Crippen molar-refractivity contribution in [3.8, 4) is 11.5 Å². The average molecular weight is 410 g/mol. The van der Waals surface area contributed by atoms with Crippen molar-refractivity contribution >= 4 is 16.9 Å². The van der Waals surface area contributed by atoms with Crippen molar-refractivity contribution in [1.29, 1.82) is 0 Å². The van der Waals surface area contributed by atoms with Crippen LogP contribution in [0.3, 0.4) is 0 Å². The van der Waals surface area contributed by atoms with Crippen LogP contribution in [0.15, 0.2) is 35.1 Å². The summed E-state index contributed by atoms with van der Waals surface area (Å²) >= 11 is 0. The number of likely N-dealkylation sites (tertiary alicyclic amines) is 1. The molecule has 1 saturated heterocycles. The summed E-state index contributed by atoms with van der Waals surface area (Å²) < 4.78 is 7.37. The Bertz CT molecular complexity index is 998. The van der Waals surface area contributed by atoms with E-state index in [0.29, 0.717) is 41.0 Å². The number of hydrogen-bond donors (Lipinski definition) is 1. The molecule has 3 aromatic heterocycles. The molecule has 1 N–H and O–H groups in total. The van der Waals surface area contributed by atoms with Crippen LogP contribution in [0.2, 0.25) is 0 Å². The quantitative estimate of drug-likeness (QED) is 0.666. The van der Waals surface area contributed by atoms with E-state index in [4.69, 9.17) is 9.40 Å². The molecular formula is C23H31N5O2. The van der Waals surface area contributed by atoms with E-state index in [1.54, 1.807) is 18.5 Å². The third-order valence-electron chi connectivity index (χ3n) is 5.73. The van der Waals surface area contributed by atoms with Gasteiger partial charge in [-0.15, -0.1) is 0 Å². The number of amides is 1. The summed E-state index contributed by atoms with van der Waals surface area (Å²) in [7, 11) is 0. The first-order valence-corrected chi connectivity index (χ1v) is 10.8. The van der Waals surface area contributed by atoms with Crippen molar-refractivity contribution in [3.63, 3.8) is 0 Å². The second kappa shape index (κ2) is 8.60. The molecule has 0 bridgehead atoms. The van der Waals surface area contributed by atoms with E-state index >= 15 is 0 Å². The molecule has 1 aliphatic heterocycles. The summed E-state index contributed by atoms with van der Waals surface area (Å²) in [6.45, 7) is 12.4. The Morgan fingerprint density at radius 1 is 1.30 bits per heavy atom. The van der Waals surface area contributed by atoms with E-state index in [0.717, 1.165) is 25.0 Å². The Hall–Kier alpha value is -2.67. The number of hydrogen-bond acceptors (Lipinski definition) is 5. The van der Waals surface area contributed by atoms with Crippen LogP contribution in [0.25, 0.3) is 22.5 Å². The zero-order chi connectivity index (χ0) is 21.3. The number of carbonyl (C=O) groups excluding carboxylic acids is 1. The van der Waals surface area contributed by atoms with Crippen LogP contribution >= 0.6 is 0 Å². The van der Waals surface area contributed by atoms with Crippen molar-refractivity contribution in [2.45, 2.75) is 40.2 Å². The van der Waals surface area contributed by atoms with Crippen molar-refractivity contribution in [1.82, 2.24) is 25.0 Å². The summed E-state index contributed by atoms with van der Waals surface area (Å²) in [6, 6.07) is 5.61. The maximum absolute atomic E-state index is 13.1. The molecule has 2 atom stereocenters. The van der Waals surface area contributed by atoms with Crippen molar-refractivity contribution < 1.29 is 9.21 Å². The SMILES string of the molecule is CC1CC(C)CN(CCNC(=O)c2cc(-c3ccco3)nc3c2cnn3C(C)C)C1. The van der Waals surface area contributed by atoms with E-state index in [1.807, 2.05) is 30.7 Å². The van der Waals surface area contributed by atoms with Crippen LogP contribution in [0.5, 0.6) is 0 Å². The van der Waals surface area contributed by atoms with Crippen LogP contribution in [-0.4, -0.2) is 51.8 Å². The number of pyridine rings is 1. The van der Waals surface area contributed by atoms with E-state index in [1.165, 1.54) is 6.42 Å². The molecule has 30 heavy (non-hydrogen) atoms. The maximum atomic E-state index is 13.1. The van der Waals surface area contributed by atoms with Crippen LogP contribution in [0.4, 0.5) is 0 Å². The Morgan fingerprint density at radius 2 is 2.07 bits per heavy atom. The third kappa shape index (κ3) is 4.26. The van der Waals surface area contributed by atoms with Gasteiger partial charge in [0.1, 0.15) is 5.69 Å². The Morgan fingerprint density at radius 3 is 2.73 bits per heavy atom. The second-order valence-electron chi connectivity index (χ2n) is 8.91. The van der Waals surface area contributed by atoms with Crippen molar-refractivity contribution in [2.75, 3.05) is 26.2 Å². The van der Waals surface area contributed by atoms with Gasteiger partial charge in [0.15, 0.2) is 11.4 Å². The largest absolute Gasteiger partial charge is 0.463 e. The monoisotopic (exact) mass is 409 g/mol. The minimum atomic E-state index is -0.100. The molecule has 1 amide bonds. The van der Waals surface area contributed by atoms with Gasteiger partial charge in [-0.2, -0.15) is 5.10 Å². The fourth-order valence-electron chi connectivity index (χ4n) is 4.53. The zero-order valence-corrected chi connectivity index (χ0v) is 18.3. The van der Waals surface area contributed by atoms with Gasteiger partial charge >= 0.3 is 0 Å². The minimum absolute atomic E-state index is 0.100. The molecule has 0 saturated carbocycles. The maximum Gasteiger partial charge on any atom is 0.252 e. The topological polar surface area (TPSA) is 76.2 Å². The van der Waals surface area contributed by atoms with Gasteiger partial charge in [0.05, 0.1) is 23.4 Å². The highest BCUT2D eigenvalue weighted by atomic mass is 16.3. The van der Waals surface area contributed by atoms with Gasteiger partial charge in [-0.1, -0.05) is 13.8 Å². The molecule has 1 aliphatic rings. The highest BCUT2D eigenvalue weighted by Gasteiger charge is 2.22. The number of carbonyl (C=O) groups is 1. The van der Waals surface area contributed by atoms with Gasteiger partial charge in [0.25, 0.3) is 5.91 Å². The molecule has 7 nitrogen and oxygen atoms in total. The fourth-order valence-corrected chi connectivity index (χ4v) is 4.53. The molecule has 0 aromatic carbocycles. The minimum Gasteiger partial charge on any atom is -0.463 e. The van der Waals surface area contributed by atoms with Gasteiger partial charge in [-0.25, -0.2) is 9.67 Å². The van der Waals surface area contributed by atoms with Gasteiger partial charge in [-0.05, 0) is 50.3 Å². The number of nitrogens with one attached hydrogen (secondary N) is 1. The summed E-state index contributed by atoms with van der Waals surface area (Å²) in [6.07, 6.45) is 4.63. The lowest BCUT2D eigenvalue weighted by molar-refractivity contribution is 0.0938. The second-order valence-corrected chi connectivity index (χ2v) is 8.91. The summed E-state index contributed by atoms with van der Waals surface area (Å²) in [5, 5.41) is 8.33. The Kier molecular flexibility index (Phi) is 5.90. The predicted octanol–water partition coefficient (Wildman–Crippen LogP) is 3.98. The molecule has 3 aromatic rings. The van der Waals surface area contributed by atoms with Gasteiger partial charge in [-0.3, -0.25) is 4.79 Å². The number of nitrogens with zero attached hydrogens (tertiary/aromatic N) is 4. The highest BCUT2D eigenvalue weighted by molar-refractivity contribution is 6.06. The Labute approximate surface area is 177 Å². The van der Waals surface area contributed by atoms with E-state index < -0.39 is 0 Å². The Balaban J connectivity index is 1.55. The molecule has 1 fully saturated rings. The van der Waals surface area contributed by atoms with Crippen LogP contribution < -0.4 is 5.32 Å². The molecule has 0 spiro atoms. The normalized spacial score (nSPS) is 20.2. The molecule has 0 radical (unpaired) electrons. The lowest BCUT2D eigenvalue weighted by Crippen LogP contribution is -2.42. The number of furan rings is 1. The van der Waals surface area contributed by atoms with E-state index in [-0.39, 0.29) is 11.9 Å². The number of fused-ring (bicyclic) bond motifs is 1. The third-order valence-corrected chi connectivity index (χ3v) is 5.73. The molecular weight excluding hydrogens is 378 g/mol. The van der Waals surface area contributed by atoms with Gasteiger partial charge in [0, 0.05) is 32.2 Å². The summed E-state index contributed by atoms with van der Waals surface area (Å²) in [4.78, 5) is 20.3. The predicted molar refractivity (Wildman–Crippen MR) is 117 cm³/mol. The number of rotatable bonds is 6. The molecule has 4 heterocycles. The first-order chi connectivity index (χ1) is 14.4.